The molecule has 3 aromatic rings. The van der Waals surface area contributed by atoms with E-state index in [9.17, 15) is 18.0 Å². The Kier molecular flexibility index (Phi) is 6.48. The van der Waals surface area contributed by atoms with E-state index in [0.29, 0.717) is 24.3 Å². The molecular formula is C23H23N3O5S. The average molecular weight is 454 g/mol. The second-order valence-corrected chi connectivity index (χ2v) is 9.44. The van der Waals surface area contributed by atoms with E-state index in [-0.39, 0.29) is 10.6 Å². The topological polar surface area (TPSA) is 106 Å². The fourth-order valence-electron chi connectivity index (χ4n) is 3.57. The minimum Gasteiger partial charge on any atom is -0.451 e. The number of amides is 1. The summed E-state index contributed by atoms with van der Waals surface area (Å²) in [4.78, 5) is 28.9. The highest BCUT2D eigenvalue weighted by atomic mass is 32.2. The number of benzene rings is 2. The molecule has 1 aliphatic rings. The molecule has 0 atom stereocenters. The number of rotatable bonds is 6. The summed E-state index contributed by atoms with van der Waals surface area (Å²) in [5.41, 5.74) is 1.07. The summed E-state index contributed by atoms with van der Waals surface area (Å²) < 4.78 is 32.2. The highest BCUT2D eigenvalue weighted by Gasteiger charge is 2.26. The number of anilines is 1. The molecule has 2 aromatic carbocycles. The first kappa shape index (κ1) is 21.9. The second-order valence-electron chi connectivity index (χ2n) is 7.51. The van der Waals surface area contributed by atoms with Gasteiger partial charge in [0.15, 0.2) is 6.61 Å². The van der Waals surface area contributed by atoms with Crippen molar-refractivity contribution in [2.75, 3.05) is 25.0 Å². The minimum atomic E-state index is -3.61. The number of aromatic nitrogens is 1. The van der Waals surface area contributed by atoms with Gasteiger partial charge in [0.05, 0.1) is 10.4 Å². The number of sulfonamides is 1. The second kappa shape index (κ2) is 9.46. The molecule has 0 spiro atoms. The maximum absolute atomic E-state index is 12.8. The Balaban J connectivity index is 1.37. The van der Waals surface area contributed by atoms with E-state index in [1.54, 1.807) is 24.3 Å². The Bertz CT molecular complexity index is 1250. The van der Waals surface area contributed by atoms with Gasteiger partial charge in [-0.05, 0) is 43.2 Å². The van der Waals surface area contributed by atoms with Gasteiger partial charge in [-0.1, -0.05) is 36.8 Å². The van der Waals surface area contributed by atoms with Crippen molar-refractivity contribution in [1.82, 2.24) is 9.29 Å². The van der Waals surface area contributed by atoms with Crippen molar-refractivity contribution < 1.29 is 22.7 Å². The quantitative estimate of drug-likeness (QED) is 0.575. The molecule has 1 amide bonds. The van der Waals surface area contributed by atoms with Crippen molar-refractivity contribution in [3.63, 3.8) is 0 Å². The van der Waals surface area contributed by atoms with Gasteiger partial charge in [0.25, 0.3) is 5.91 Å². The van der Waals surface area contributed by atoms with E-state index in [2.05, 4.69) is 10.3 Å². The Hall–Kier alpha value is -3.30. The van der Waals surface area contributed by atoms with Crippen molar-refractivity contribution in [2.24, 2.45) is 0 Å². The van der Waals surface area contributed by atoms with Crippen LogP contribution in [0.25, 0.3) is 10.9 Å². The van der Waals surface area contributed by atoms with Crippen LogP contribution >= 0.6 is 0 Å². The number of esters is 1. The predicted octanol–water partition coefficient (Wildman–Crippen LogP) is 3.20. The van der Waals surface area contributed by atoms with Gasteiger partial charge in [-0.15, -0.1) is 0 Å². The van der Waals surface area contributed by atoms with Gasteiger partial charge in [0.2, 0.25) is 10.0 Å². The van der Waals surface area contributed by atoms with Crippen molar-refractivity contribution >= 4 is 38.5 Å². The van der Waals surface area contributed by atoms with Crippen LogP contribution < -0.4 is 5.32 Å². The van der Waals surface area contributed by atoms with Gasteiger partial charge in [0.1, 0.15) is 5.69 Å². The summed E-state index contributed by atoms with van der Waals surface area (Å²) in [7, 11) is -3.61. The molecule has 32 heavy (non-hydrogen) atoms. The maximum Gasteiger partial charge on any atom is 0.357 e. The van der Waals surface area contributed by atoms with Gasteiger partial charge >= 0.3 is 5.97 Å². The molecule has 166 valence electrons. The number of fused-ring (bicyclic) bond motifs is 1. The molecule has 0 saturated carbocycles. The zero-order chi connectivity index (χ0) is 22.6. The molecule has 4 rings (SSSR count). The molecule has 0 radical (unpaired) electrons. The van der Waals surface area contributed by atoms with Crippen molar-refractivity contribution in [3.05, 3.63) is 66.4 Å². The standard InChI is InChI=1S/C23H23N3O5S/c27-22(16-31-23(28)21-12-11-17-7-2-3-10-20(17)25-21)24-18-8-6-9-19(15-18)32(29,30)26-13-4-1-5-14-26/h2-3,6-12,15H,1,4-5,13-14,16H2,(H,24,27). The lowest BCUT2D eigenvalue weighted by Gasteiger charge is -2.26. The van der Waals surface area contributed by atoms with Crippen LogP contribution in [0.2, 0.25) is 0 Å². The molecule has 0 bridgehead atoms. The normalized spacial score (nSPS) is 14.8. The van der Waals surface area contributed by atoms with Gasteiger partial charge in [-0.2, -0.15) is 4.31 Å². The number of carbonyl (C=O) groups is 2. The van der Waals surface area contributed by atoms with E-state index < -0.39 is 28.5 Å². The summed E-state index contributed by atoms with van der Waals surface area (Å²) in [5, 5.41) is 3.46. The summed E-state index contributed by atoms with van der Waals surface area (Å²) in [6.45, 7) is 0.478. The number of nitrogens with zero attached hydrogens (tertiary/aromatic N) is 2. The first-order chi connectivity index (χ1) is 15.4. The van der Waals surface area contributed by atoms with E-state index in [1.165, 1.54) is 22.5 Å². The lowest BCUT2D eigenvalue weighted by Crippen LogP contribution is -2.35. The lowest BCUT2D eigenvalue weighted by atomic mass is 10.2. The van der Waals surface area contributed by atoms with E-state index in [1.807, 2.05) is 18.2 Å². The maximum atomic E-state index is 12.8. The van der Waals surface area contributed by atoms with Crippen LogP contribution in [0.4, 0.5) is 5.69 Å². The highest BCUT2D eigenvalue weighted by molar-refractivity contribution is 7.89. The molecule has 8 nitrogen and oxygen atoms in total. The van der Waals surface area contributed by atoms with E-state index in [0.717, 1.165) is 24.6 Å². The fraction of sp³-hybridized carbons (Fsp3) is 0.261. The average Bonchev–Trinajstić information content (AvgIpc) is 2.83. The summed E-state index contributed by atoms with van der Waals surface area (Å²) in [5.74, 6) is -1.29. The third-order valence-corrected chi connectivity index (χ3v) is 7.11. The largest absolute Gasteiger partial charge is 0.451 e. The predicted molar refractivity (Wildman–Crippen MR) is 120 cm³/mol. The van der Waals surface area contributed by atoms with Crippen LogP contribution in [0.3, 0.4) is 0 Å². The van der Waals surface area contributed by atoms with Crippen LogP contribution in [0.5, 0.6) is 0 Å². The third kappa shape index (κ3) is 4.95. The van der Waals surface area contributed by atoms with Gasteiger partial charge in [-0.3, -0.25) is 4.79 Å². The van der Waals surface area contributed by atoms with Gasteiger partial charge in [0, 0.05) is 24.2 Å². The monoisotopic (exact) mass is 453 g/mol. The first-order valence-corrected chi connectivity index (χ1v) is 11.8. The van der Waals surface area contributed by atoms with Crippen molar-refractivity contribution in [2.45, 2.75) is 24.2 Å². The number of para-hydroxylation sites is 1. The molecule has 0 aliphatic carbocycles. The molecule has 2 heterocycles. The Labute approximate surface area is 186 Å². The zero-order valence-corrected chi connectivity index (χ0v) is 18.2. The lowest BCUT2D eigenvalue weighted by molar-refractivity contribution is -0.119. The number of hydrogen-bond acceptors (Lipinski definition) is 6. The Morgan fingerprint density at radius 1 is 0.969 bits per heavy atom. The fourth-order valence-corrected chi connectivity index (χ4v) is 5.13. The number of piperidine rings is 1. The summed E-state index contributed by atoms with van der Waals surface area (Å²) in [6.07, 6.45) is 2.70. The smallest absolute Gasteiger partial charge is 0.357 e. The van der Waals surface area contributed by atoms with Gasteiger partial charge in [-0.25, -0.2) is 18.2 Å². The number of nitrogens with one attached hydrogen (secondary N) is 1. The van der Waals surface area contributed by atoms with Crippen LogP contribution in [-0.2, 0) is 19.6 Å². The van der Waals surface area contributed by atoms with Crippen LogP contribution in [0.1, 0.15) is 29.8 Å². The van der Waals surface area contributed by atoms with Crippen LogP contribution in [0.15, 0.2) is 65.6 Å². The van der Waals surface area contributed by atoms with Crippen LogP contribution in [0, 0.1) is 0 Å². The van der Waals surface area contributed by atoms with Crippen LogP contribution in [-0.4, -0.2) is 49.3 Å². The summed E-state index contributed by atoms with van der Waals surface area (Å²) >= 11 is 0. The van der Waals surface area contributed by atoms with E-state index >= 15 is 0 Å². The molecule has 1 fully saturated rings. The van der Waals surface area contributed by atoms with Gasteiger partial charge < -0.3 is 10.1 Å². The summed E-state index contributed by atoms with van der Waals surface area (Å²) in [6, 6.07) is 16.7. The zero-order valence-electron chi connectivity index (χ0n) is 17.4. The molecule has 1 N–H and O–H groups in total. The molecule has 1 aromatic heterocycles. The van der Waals surface area contributed by atoms with E-state index in [4.69, 9.17) is 4.74 Å². The Morgan fingerprint density at radius 3 is 2.56 bits per heavy atom. The van der Waals surface area contributed by atoms with Crippen molar-refractivity contribution in [3.8, 4) is 0 Å². The number of pyridine rings is 1. The molecular weight excluding hydrogens is 430 g/mol. The molecule has 1 saturated heterocycles. The first-order valence-electron chi connectivity index (χ1n) is 10.4. The SMILES string of the molecule is O=C(COC(=O)c1ccc2ccccc2n1)Nc1cccc(S(=O)(=O)N2CCCCC2)c1. The third-order valence-electron chi connectivity index (χ3n) is 5.21. The minimum absolute atomic E-state index is 0.103. The number of carbonyl (C=O) groups excluding carboxylic acids is 2. The van der Waals surface area contributed by atoms with Crippen molar-refractivity contribution in [1.29, 1.82) is 0 Å². The Morgan fingerprint density at radius 2 is 1.75 bits per heavy atom. The number of hydrogen-bond donors (Lipinski definition) is 1. The number of ether oxygens (including phenoxy) is 1. The molecule has 0 unspecified atom stereocenters. The highest BCUT2D eigenvalue weighted by Crippen LogP contribution is 2.23. The molecule has 9 heteroatoms. The molecule has 1 aliphatic heterocycles.